The molecule has 122 valence electrons. The molecule has 0 aliphatic heterocycles. The van der Waals surface area contributed by atoms with E-state index in [9.17, 15) is 9.59 Å². The second-order valence-electron chi connectivity index (χ2n) is 5.73. The molecule has 0 amide bonds. The van der Waals surface area contributed by atoms with Crippen molar-refractivity contribution in [3.8, 4) is 0 Å². The number of carboxylic acid groups (broad SMARTS) is 2. The van der Waals surface area contributed by atoms with Crippen molar-refractivity contribution in [2.45, 2.75) is 64.2 Å². The van der Waals surface area contributed by atoms with Crippen molar-refractivity contribution in [2.24, 2.45) is 0 Å². The van der Waals surface area contributed by atoms with E-state index in [-0.39, 0.29) is 12.8 Å². The number of aliphatic carboxylic acids is 2. The van der Waals surface area contributed by atoms with Crippen LogP contribution in [0.5, 0.6) is 0 Å². The number of hydrogen-bond donors (Lipinski definition) is 2. The van der Waals surface area contributed by atoms with Crippen molar-refractivity contribution in [1.82, 2.24) is 0 Å². The average Bonchev–Trinajstić information content (AvgIpc) is 2.47. The Bertz CT molecular complexity index is 451. The normalized spacial score (nSPS) is 10.5. The zero-order valence-corrected chi connectivity index (χ0v) is 13.1. The molecule has 0 aromatic heterocycles. The molecule has 2 N–H and O–H groups in total. The molecule has 0 bridgehead atoms. The molecular formula is C18H26O4. The molecule has 0 radical (unpaired) electrons. The van der Waals surface area contributed by atoms with E-state index in [1.54, 1.807) is 0 Å². The van der Waals surface area contributed by atoms with Crippen LogP contribution in [0.25, 0.3) is 0 Å². The third-order valence-electron chi connectivity index (χ3n) is 3.74. The molecule has 0 spiro atoms. The average molecular weight is 306 g/mol. The van der Waals surface area contributed by atoms with E-state index < -0.39 is 11.9 Å². The lowest BCUT2D eigenvalue weighted by Crippen LogP contribution is -1.96. The quantitative estimate of drug-likeness (QED) is 0.571. The molecule has 4 nitrogen and oxygen atoms in total. The molecule has 1 rings (SSSR count). The molecule has 0 atom stereocenters. The van der Waals surface area contributed by atoms with Gasteiger partial charge in [-0.1, -0.05) is 43.5 Å². The number of benzene rings is 1. The molecule has 0 aliphatic carbocycles. The minimum absolute atomic E-state index is 0.226. The zero-order valence-electron chi connectivity index (χ0n) is 13.1. The maximum atomic E-state index is 10.5. The van der Waals surface area contributed by atoms with Gasteiger partial charge in [0.2, 0.25) is 0 Å². The Kier molecular flexibility index (Phi) is 8.96. The summed E-state index contributed by atoms with van der Waals surface area (Å²) in [5, 5.41) is 17.1. The van der Waals surface area contributed by atoms with Crippen LogP contribution in [0.3, 0.4) is 0 Å². The van der Waals surface area contributed by atoms with Gasteiger partial charge < -0.3 is 10.2 Å². The summed E-state index contributed by atoms with van der Waals surface area (Å²) in [7, 11) is 0. The lowest BCUT2D eigenvalue weighted by Gasteiger charge is -2.04. The molecule has 4 heteroatoms. The van der Waals surface area contributed by atoms with Gasteiger partial charge in [0.1, 0.15) is 0 Å². The van der Waals surface area contributed by atoms with Gasteiger partial charge in [-0.3, -0.25) is 9.59 Å². The van der Waals surface area contributed by atoms with Gasteiger partial charge in [0.05, 0.1) is 0 Å². The molecule has 0 saturated carbocycles. The summed E-state index contributed by atoms with van der Waals surface area (Å²) in [5.41, 5.74) is 2.51. The Morgan fingerprint density at radius 3 is 1.59 bits per heavy atom. The number of rotatable bonds is 12. The molecule has 22 heavy (non-hydrogen) atoms. The van der Waals surface area contributed by atoms with E-state index in [1.807, 2.05) is 0 Å². The smallest absolute Gasteiger partial charge is 0.303 e. The number of unbranched alkanes of at least 4 members (excludes halogenated alkanes) is 4. The van der Waals surface area contributed by atoms with E-state index >= 15 is 0 Å². The molecular weight excluding hydrogens is 280 g/mol. The first-order chi connectivity index (χ1) is 10.6. The van der Waals surface area contributed by atoms with Crippen LogP contribution >= 0.6 is 0 Å². The lowest BCUT2D eigenvalue weighted by molar-refractivity contribution is -0.138. The summed E-state index contributed by atoms with van der Waals surface area (Å²) in [6.45, 7) is 0. The summed E-state index contributed by atoms with van der Waals surface area (Å²) in [5.74, 6) is -1.44. The molecule has 1 aromatic rings. The monoisotopic (exact) mass is 306 g/mol. The summed E-state index contributed by atoms with van der Waals surface area (Å²) in [4.78, 5) is 20.8. The highest BCUT2D eigenvalue weighted by Gasteiger charge is 2.00. The number of carboxylic acids is 2. The minimum Gasteiger partial charge on any atom is -0.481 e. The van der Waals surface area contributed by atoms with E-state index in [4.69, 9.17) is 10.2 Å². The van der Waals surface area contributed by atoms with Crippen LogP contribution in [0.4, 0.5) is 0 Å². The fraction of sp³-hybridized carbons (Fsp3) is 0.556. The summed E-state index contributed by atoms with van der Waals surface area (Å²) in [6.07, 6.45) is 8.20. The predicted octanol–water partition coefficient (Wildman–Crippen LogP) is 4.06. The zero-order chi connectivity index (χ0) is 16.2. The van der Waals surface area contributed by atoms with Crippen LogP contribution in [0, 0.1) is 0 Å². The second kappa shape index (κ2) is 10.8. The molecule has 0 fully saturated rings. The molecule has 0 saturated heterocycles. The summed E-state index contributed by atoms with van der Waals surface area (Å²) >= 11 is 0. The Morgan fingerprint density at radius 1 is 0.636 bits per heavy atom. The van der Waals surface area contributed by atoms with Gasteiger partial charge in [0.15, 0.2) is 0 Å². The van der Waals surface area contributed by atoms with Crippen LogP contribution in [-0.4, -0.2) is 22.2 Å². The number of aryl methyl sites for hydroxylation is 2. The highest BCUT2D eigenvalue weighted by molar-refractivity contribution is 5.66. The Hall–Kier alpha value is -1.84. The van der Waals surface area contributed by atoms with E-state index in [2.05, 4.69) is 24.3 Å². The van der Waals surface area contributed by atoms with Crippen LogP contribution < -0.4 is 0 Å². The van der Waals surface area contributed by atoms with Gasteiger partial charge in [0.25, 0.3) is 0 Å². The summed E-state index contributed by atoms with van der Waals surface area (Å²) in [6, 6.07) is 8.43. The van der Waals surface area contributed by atoms with Crippen molar-refractivity contribution in [3.05, 3.63) is 35.4 Å². The molecule has 0 heterocycles. The van der Waals surface area contributed by atoms with Crippen LogP contribution in [0.15, 0.2) is 24.3 Å². The molecule has 1 aromatic carbocycles. The van der Waals surface area contributed by atoms with Crippen molar-refractivity contribution in [3.63, 3.8) is 0 Å². The van der Waals surface area contributed by atoms with Gasteiger partial charge >= 0.3 is 11.9 Å². The number of carbonyl (C=O) groups is 2. The highest BCUT2D eigenvalue weighted by Crippen LogP contribution is 2.12. The highest BCUT2D eigenvalue weighted by atomic mass is 16.4. The van der Waals surface area contributed by atoms with Crippen molar-refractivity contribution >= 4 is 11.9 Å². The van der Waals surface area contributed by atoms with Gasteiger partial charge in [-0.25, -0.2) is 0 Å². The van der Waals surface area contributed by atoms with Crippen LogP contribution in [-0.2, 0) is 22.4 Å². The SMILES string of the molecule is O=C(O)CCCCCCCc1ccc(CCCC(=O)O)cc1. The van der Waals surface area contributed by atoms with Gasteiger partial charge in [-0.2, -0.15) is 0 Å². The third kappa shape index (κ3) is 9.16. The largest absolute Gasteiger partial charge is 0.481 e. The fourth-order valence-corrected chi connectivity index (χ4v) is 2.45. The van der Waals surface area contributed by atoms with Crippen LogP contribution in [0.1, 0.15) is 62.5 Å². The topological polar surface area (TPSA) is 74.6 Å². The van der Waals surface area contributed by atoms with Gasteiger partial charge in [-0.05, 0) is 43.2 Å². The molecule has 0 unspecified atom stereocenters. The minimum atomic E-state index is -0.736. The Balaban J connectivity index is 2.11. The second-order valence-corrected chi connectivity index (χ2v) is 5.73. The van der Waals surface area contributed by atoms with E-state index in [0.717, 1.165) is 44.9 Å². The van der Waals surface area contributed by atoms with Gasteiger partial charge in [-0.15, -0.1) is 0 Å². The third-order valence-corrected chi connectivity index (χ3v) is 3.74. The van der Waals surface area contributed by atoms with E-state index in [0.29, 0.717) is 6.42 Å². The maximum Gasteiger partial charge on any atom is 0.303 e. The first kappa shape index (κ1) is 18.2. The Morgan fingerprint density at radius 2 is 1.05 bits per heavy atom. The predicted molar refractivity (Wildman–Crippen MR) is 86.1 cm³/mol. The lowest BCUT2D eigenvalue weighted by atomic mass is 10.0. The van der Waals surface area contributed by atoms with Crippen molar-refractivity contribution in [2.75, 3.05) is 0 Å². The maximum absolute atomic E-state index is 10.5. The van der Waals surface area contributed by atoms with Crippen molar-refractivity contribution in [1.29, 1.82) is 0 Å². The van der Waals surface area contributed by atoms with Crippen LogP contribution in [0.2, 0.25) is 0 Å². The Labute approximate surface area is 132 Å². The first-order valence-corrected chi connectivity index (χ1v) is 8.09. The fourth-order valence-electron chi connectivity index (χ4n) is 2.45. The van der Waals surface area contributed by atoms with Gasteiger partial charge in [0, 0.05) is 12.8 Å². The number of hydrogen-bond acceptors (Lipinski definition) is 2. The van der Waals surface area contributed by atoms with Crippen molar-refractivity contribution < 1.29 is 19.8 Å². The van der Waals surface area contributed by atoms with E-state index in [1.165, 1.54) is 11.1 Å². The standard InChI is InChI=1S/C18H26O4/c19-17(20)9-5-3-1-2-4-7-15-11-13-16(14-12-15)8-6-10-18(21)22/h11-14H,1-10H2,(H,19,20)(H,21,22). The molecule has 0 aliphatic rings. The summed E-state index contributed by atoms with van der Waals surface area (Å²) < 4.78 is 0. The first-order valence-electron chi connectivity index (χ1n) is 8.09.